The van der Waals surface area contributed by atoms with E-state index >= 15 is 0 Å². The summed E-state index contributed by atoms with van der Waals surface area (Å²) in [6.45, 7) is 0. The molecule has 20 heavy (non-hydrogen) atoms. The Morgan fingerprint density at radius 1 is 1.20 bits per heavy atom. The lowest BCUT2D eigenvalue weighted by Crippen LogP contribution is -2.38. The third-order valence-corrected chi connectivity index (χ3v) is 3.48. The van der Waals surface area contributed by atoms with Crippen LogP contribution in [0.4, 0.5) is 0 Å². The smallest absolute Gasteiger partial charge is 0.308 e. The second-order valence-electron chi connectivity index (χ2n) is 4.60. The van der Waals surface area contributed by atoms with Crippen LogP contribution in [0.2, 0.25) is 0 Å². The second kappa shape index (κ2) is 4.85. The fourth-order valence-electron chi connectivity index (χ4n) is 2.55. The average Bonchev–Trinajstić information content (AvgIpc) is 3.07. The van der Waals surface area contributed by atoms with Gasteiger partial charge in [0.05, 0.1) is 19.6 Å². The Morgan fingerprint density at radius 3 is 2.60 bits per heavy atom. The van der Waals surface area contributed by atoms with E-state index in [4.69, 9.17) is 4.74 Å². The van der Waals surface area contributed by atoms with Gasteiger partial charge in [-0.3, -0.25) is 14.3 Å². The molecule has 1 aromatic heterocycles. The van der Waals surface area contributed by atoms with Crippen LogP contribution in [-0.2, 0) is 9.53 Å². The summed E-state index contributed by atoms with van der Waals surface area (Å²) in [7, 11) is 1.35. The molecule has 0 fully saturated rings. The van der Waals surface area contributed by atoms with Crippen LogP contribution in [0.3, 0.4) is 0 Å². The molecule has 1 aliphatic heterocycles. The second-order valence-corrected chi connectivity index (χ2v) is 4.60. The molecule has 0 radical (unpaired) electrons. The zero-order valence-corrected chi connectivity index (χ0v) is 11.0. The number of hydrogen-bond donors (Lipinski definition) is 0. The van der Waals surface area contributed by atoms with Gasteiger partial charge in [-0.1, -0.05) is 18.2 Å². The molecular formula is C15H14N2O3. The first-order valence-corrected chi connectivity index (χ1v) is 6.35. The number of hydrogen-bond acceptors (Lipinski definition) is 3. The first-order valence-electron chi connectivity index (χ1n) is 6.35. The van der Waals surface area contributed by atoms with Crippen LogP contribution in [0.1, 0.15) is 28.4 Å². The lowest BCUT2D eigenvalue weighted by Gasteiger charge is -2.25. The van der Waals surface area contributed by atoms with E-state index in [0.717, 1.165) is 5.56 Å². The largest absolute Gasteiger partial charge is 0.469 e. The Balaban J connectivity index is 2.05. The zero-order valence-electron chi connectivity index (χ0n) is 11.0. The monoisotopic (exact) mass is 270 g/mol. The predicted octanol–water partition coefficient (Wildman–Crippen LogP) is 1.88. The SMILES string of the molecule is COC(=O)CC1c2ccccc2C(=O)N1n1cccc1. The van der Waals surface area contributed by atoms with Crippen LogP contribution in [-0.4, -0.2) is 23.7 Å². The van der Waals surface area contributed by atoms with E-state index in [-0.39, 0.29) is 24.3 Å². The van der Waals surface area contributed by atoms with E-state index in [0.29, 0.717) is 5.56 Å². The lowest BCUT2D eigenvalue weighted by molar-refractivity contribution is -0.141. The molecule has 1 amide bonds. The minimum atomic E-state index is -0.336. The molecule has 1 unspecified atom stereocenters. The maximum Gasteiger partial charge on any atom is 0.308 e. The van der Waals surface area contributed by atoms with Gasteiger partial charge in [0.25, 0.3) is 5.91 Å². The molecule has 1 aromatic carbocycles. The summed E-state index contributed by atoms with van der Waals surface area (Å²) >= 11 is 0. The van der Waals surface area contributed by atoms with Gasteiger partial charge in [0.15, 0.2) is 0 Å². The molecule has 1 atom stereocenters. The van der Waals surface area contributed by atoms with Crippen LogP contribution >= 0.6 is 0 Å². The van der Waals surface area contributed by atoms with E-state index in [2.05, 4.69) is 0 Å². The number of aromatic nitrogens is 1. The van der Waals surface area contributed by atoms with E-state index in [1.165, 1.54) is 7.11 Å². The van der Waals surface area contributed by atoms with Crippen molar-refractivity contribution >= 4 is 11.9 Å². The highest BCUT2D eigenvalue weighted by molar-refractivity contribution is 6.07. The predicted molar refractivity (Wildman–Crippen MR) is 72.8 cm³/mol. The Hall–Kier alpha value is -2.56. The van der Waals surface area contributed by atoms with E-state index in [1.807, 2.05) is 30.3 Å². The zero-order chi connectivity index (χ0) is 14.1. The van der Waals surface area contributed by atoms with Gasteiger partial charge in [0.1, 0.15) is 0 Å². The van der Waals surface area contributed by atoms with Gasteiger partial charge in [-0.2, -0.15) is 0 Å². The number of ether oxygens (including phenoxy) is 1. The summed E-state index contributed by atoms with van der Waals surface area (Å²) in [5.74, 6) is -0.442. The van der Waals surface area contributed by atoms with Crippen molar-refractivity contribution in [3.63, 3.8) is 0 Å². The van der Waals surface area contributed by atoms with Gasteiger partial charge in [-0.15, -0.1) is 0 Å². The summed E-state index contributed by atoms with van der Waals surface area (Å²) < 4.78 is 6.45. The molecule has 0 bridgehead atoms. The van der Waals surface area contributed by atoms with Gasteiger partial charge >= 0.3 is 5.97 Å². The van der Waals surface area contributed by atoms with Crippen molar-refractivity contribution in [3.05, 3.63) is 59.9 Å². The highest BCUT2D eigenvalue weighted by Gasteiger charge is 2.38. The molecule has 0 saturated carbocycles. The number of methoxy groups -OCH3 is 1. The quantitative estimate of drug-likeness (QED) is 0.800. The summed E-state index contributed by atoms with van der Waals surface area (Å²) in [5.41, 5.74) is 1.49. The first-order chi connectivity index (χ1) is 9.72. The number of amides is 1. The van der Waals surface area contributed by atoms with Gasteiger partial charge < -0.3 is 4.74 Å². The summed E-state index contributed by atoms with van der Waals surface area (Å²) in [6, 6.07) is 10.7. The number of nitrogens with zero attached hydrogens (tertiary/aromatic N) is 2. The fraction of sp³-hybridized carbons (Fsp3) is 0.200. The maximum absolute atomic E-state index is 12.5. The van der Waals surface area contributed by atoms with Crippen molar-refractivity contribution in [2.75, 3.05) is 12.1 Å². The van der Waals surface area contributed by atoms with Crippen LogP contribution in [0.25, 0.3) is 0 Å². The summed E-state index contributed by atoms with van der Waals surface area (Å²) in [6.07, 6.45) is 3.71. The Kier molecular flexibility index (Phi) is 3.02. The Labute approximate surface area is 116 Å². The van der Waals surface area contributed by atoms with Crippen molar-refractivity contribution in [1.29, 1.82) is 0 Å². The van der Waals surface area contributed by atoms with Crippen molar-refractivity contribution in [2.45, 2.75) is 12.5 Å². The van der Waals surface area contributed by atoms with Crippen molar-refractivity contribution in [3.8, 4) is 0 Å². The summed E-state index contributed by atoms with van der Waals surface area (Å²) in [5, 5.41) is 1.58. The number of fused-ring (bicyclic) bond motifs is 1. The molecule has 5 heteroatoms. The van der Waals surface area contributed by atoms with Crippen LogP contribution in [0.15, 0.2) is 48.8 Å². The molecule has 0 saturated heterocycles. The minimum Gasteiger partial charge on any atom is -0.469 e. The van der Waals surface area contributed by atoms with Gasteiger partial charge in [-0.05, 0) is 23.8 Å². The number of benzene rings is 1. The molecule has 1 aliphatic rings. The van der Waals surface area contributed by atoms with E-state index < -0.39 is 0 Å². The van der Waals surface area contributed by atoms with Crippen LogP contribution < -0.4 is 5.01 Å². The molecule has 5 nitrogen and oxygen atoms in total. The summed E-state index contributed by atoms with van der Waals surface area (Å²) in [4.78, 5) is 24.2. The number of carbonyl (C=O) groups is 2. The van der Waals surface area contributed by atoms with Gasteiger partial charge in [0, 0.05) is 18.0 Å². The van der Waals surface area contributed by atoms with Crippen molar-refractivity contribution < 1.29 is 14.3 Å². The number of esters is 1. The third kappa shape index (κ3) is 1.87. The van der Waals surface area contributed by atoms with E-state index in [9.17, 15) is 9.59 Å². The van der Waals surface area contributed by atoms with E-state index in [1.54, 1.807) is 28.1 Å². The first kappa shape index (κ1) is 12.5. The molecule has 2 heterocycles. The van der Waals surface area contributed by atoms with Gasteiger partial charge in [0.2, 0.25) is 0 Å². The topological polar surface area (TPSA) is 51.5 Å². The minimum absolute atomic E-state index is 0.106. The number of carbonyl (C=O) groups excluding carboxylic acids is 2. The standard InChI is InChI=1S/C15H14N2O3/c1-20-14(18)10-13-11-6-2-3-7-12(11)15(19)17(13)16-8-4-5-9-16/h2-9,13H,10H2,1H3. The van der Waals surface area contributed by atoms with Gasteiger partial charge in [-0.25, -0.2) is 5.01 Å². The molecular weight excluding hydrogens is 256 g/mol. The Morgan fingerprint density at radius 2 is 1.90 bits per heavy atom. The molecule has 2 aromatic rings. The molecule has 102 valence electrons. The third-order valence-electron chi connectivity index (χ3n) is 3.48. The van der Waals surface area contributed by atoms with Crippen LogP contribution in [0, 0.1) is 0 Å². The molecule has 0 N–H and O–H groups in total. The molecule has 0 aliphatic carbocycles. The highest BCUT2D eigenvalue weighted by atomic mass is 16.5. The normalized spacial score (nSPS) is 17.1. The lowest BCUT2D eigenvalue weighted by atomic mass is 10.0. The Bertz CT molecular complexity index is 649. The van der Waals surface area contributed by atoms with Crippen molar-refractivity contribution in [1.82, 2.24) is 4.68 Å². The van der Waals surface area contributed by atoms with Crippen LogP contribution in [0.5, 0.6) is 0 Å². The molecule has 0 spiro atoms. The maximum atomic E-state index is 12.5. The van der Waals surface area contributed by atoms with Crippen molar-refractivity contribution in [2.24, 2.45) is 0 Å². The highest BCUT2D eigenvalue weighted by Crippen LogP contribution is 2.34. The number of rotatable bonds is 3. The fourth-order valence-corrected chi connectivity index (χ4v) is 2.55. The molecule has 3 rings (SSSR count). The average molecular weight is 270 g/mol.